The molecule has 0 aliphatic carbocycles. The lowest BCUT2D eigenvalue weighted by Crippen LogP contribution is -2.46. The standard InChI is InChI=1S/C8H15N3O2/c9-7(12)1-2-8(13)11-5-3-10-4-6-11/h10H,1-6H2,(H2,9,12). The highest BCUT2D eigenvalue weighted by molar-refractivity contribution is 5.82. The van der Waals surface area contributed by atoms with Gasteiger partial charge in [-0.15, -0.1) is 0 Å². The Labute approximate surface area is 77.3 Å². The molecule has 2 amide bonds. The van der Waals surface area contributed by atoms with E-state index in [1.54, 1.807) is 4.90 Å². The minimum atomic E-state index is -0.413. The van der Waals surface area contributed by atoms with Gasteiger partial charge in [-0.2, -0.15) is 0 Å². The maximum absolute atomic E-state index is 11.4. The van der Waals surface area contributed by atoms with Gasteiger partial charge in [-0.25, -0.2) is 0 Å². The van der Waals surface area contributed by atoms with Gasteiger partial charge in [0.25, 0.3) is 0 Å². The van der Waals surface area contributed by atoms with E-state index in [1.165, 1.54) is 0 Å². The van der Waals surface area contributed by atoms with E-state index in [2.05, 4.69) is 5.32 Å². The van der Waals surface area contributed by atoms with Gasteiger partial charge < -0.3 is 16.0 Å². The number of rotatable bonds is 3. The van der Waals surface area contributed by atoms with Gasteiger partial charge in [-0.05, 0) is 0 Å². The highest BCUT2D eigenvalue weighted by atomic mass is 16.2. The first-order valence-corrected chi connectivity index (χ1v) is 4.47. The second-order valence-corrected chi connectivity index (χ2v) is 3.10. The lowest BCUT2D eigenvalue weighted by molar-refractivity contribution is -0.133. The van der Waals surface area contributed by atoms with Crippen molar-refractivity contribution in [1.82, 2.24) is 10.2 Å². The summed E-state index contributed by atoms with van der Waals surface area (Å²) in [6, 6.07) is 0. The van der Waals surface area contributed by atoms with Crippen molar-refractivity contribution in [2.24, 2.45) is 5.73 Å². The Bertz CT molecular complexity index is 200. The molecular formula is C8H15N3O2. The summed E-state index contributed by atoms with van der Waals surface area (Å²) in [5.74, 6) is -0.385. The van der Waals surface area contributed by atoms with E-state index in [4.69, 9.17) is 5.73 Å². The van der Waals surface area contributed by atoms with Crippen LogP contribution >= 0.6 is 0 Å². The average Bonchev–Trinajstić information content (AvgIpc) is 2.15. The van der Waals surface area contributed by atoms with Gasteiger partial charge in [0.05, 0.1) is 0 Å². The zero-order valence-corrected chi connectivity index (χ0v) is 7.58. The van der Waals surface area contributed by atoms with Crippen LogP contribution in [0.5, 0.6) is 0 Å². The van der Waals surface area contributed by atoms with Crippen molar-refractivity contribution in [2.45, 2.75) is 12.8 Å². The maximum atomic E-state index is 11.4. The number of primary amides is 1. The zero-order valence-electron chi connectivity index (χ0n) is 7.58. The molecule has 1 heterocycles. The first-order valence-electron chi connectivity index (χ1n) is 4.47. The quantitative estimate of drug-likeness (QED) is 0.573. The van der Waals surface area contributed by atoms with Crippen molar-refractivity contribution in [3.63, 3.8) is 0 Å². The molecule has 0 aromatic carbocycles. The van der Waals surface area contributed by atoms with Crippen LogP contribution in [-0.4, -0.2) is 42.9 Å². The first kappa shape index (κ1) is 9.98. The number of nitrogens with two attached hydrogens (primary N) is 1. The molecule has 1 fully saturated rings. The normalized spacial score (nSPS) is 17.1. The summed E-state index contributed by atoms with van der Waals surface area (Å²) < 4.78 is 0. The number of carbonyl (C=O) groups is 2. The third-order valence-corrected chi connectivity index (χ3v) is 2.05. The van der Waals surface area contributed by atoms with E-state index in [0.717, 1.165) is 26.2 Å². The molecule has 0 saturated carbocycles. The number of hydrogen-bond acceptors (Lipinski definition) is 3. The fraction of sp³-hybridized carbons (Fsp3) is 0.750. The highest BCUT2D eigenvalue weighted by Gasteiger charge is 2.15. The van der Waals surface area contributed by atoms with Gasteiger partial charge in [-0.1, -0.05) is 0 Å². The van der Waals surface area contributed by atoms with Gasteiger partial charge in [0, 0.05) is 39.0 Å². The van der Waals surface area contributed by atoms with E-state index in [0.29, 0.717) is 0 Å². The van der Waals surface area contributed by atoms with Gasteiger partial charge in [0.15, 0.2) is 0 Å². The third kappa shape index (κ3) is 3.42. The van der Waals surface area contributed by atoms with E-state index >= 15 is 0 Å². The molecule has 1 saturated heterocycles. The van der Waals surface area contributed by atoms with Crippen molar-refractivity contribution in [3.05, 3.63) is 0 Å². The van der Waals surface area contributed by atoms with Crippen molar-refractivity contribution in [2.75, 3.05) is 26.2 Å². The largest absolute Gasteiger partial charge is 0.370 e. The van der Waals surface area contributed by atoms with Crippen molar-refractivity contribution >= 4 is 11.8 Å². The van der Waals surface area contributed by atoms with Crippen LogP contribution in [0.3, 0.4) is 0 Å². The molecule has 74 valence electrons. The molecule has 1 rings (SSSR count). The molecular weight excluding hydrogens is 170 g/mol. The summed E-state index contributed by atoms with van der Waals surface area (Å²) in [4.78, 5) is 23.6. The average molecular weight is 185 g/mol. The van der Waals surface area contributed by atoms with Crippen molar-refractivity contribution < 1.29 is 9.59 Å². The van der Waals surface area contributed by atoms with Crippen LogP contribution in [0.2, 0.25) is 0 Å². The van der Waals surface area contributed by atoms with E-state index in [-0.39, 0.29) is 18.7 Å². The van der Waals surface area contributed by atoms with E-state index in [9.17, 15) is 9.59 Å². The fourth-order valence-electron chi connectivity index (χ4n) is 1.30. The summed E-state index contributed by atoms with van der Waals surface area (Å²) in [6.45, 7) is 3.14. The number of hydrogen-bond donors (Lipinski definition) is 2. The smallest absolute Gasteiger partial charge is 0.223 e. The second kappa shape index (κ2) is 4.81. The summed E-state index contributed by atoms with van der Waals surface area (Å²) in [7, 11) is 0. The Morgan fingerprint density at radius 1 is 1.23 bits per heavy atom. The molecule has 5 heteroatoms. The molecule has 0 spiro atoms. The Hall–Kier alpha value is -1.10. The minimum Gasteiger partial charge on any atom is -0.370 e. The van der Waals surface area contributed by atoms with Crippen molar-refractivity contribution in [1.29, 1.82) is 0 Å². The predicted molar refractivity (Wildman–Crippen MR) is 47.9 cm³/mol. The molecule has 13 heavy (non-hydrogen) atoms. The van der Waals surface area contributed by atoms with Crippen LogP contribution in [0.4, 0.5) is 0 Å². The minimum absolute atomic E-state index is 0.0281. The first-order chi connectivity index (χ1) is 6.20. The molecule has 5 nitrogen and oxygen atoms in total. The summed E-state index contributed by atoms with van der Waals surface area (Å²) in [5.41, 5.74) is 4.95. The van der Waals surface area contributed by atoms with Crippen LogP contribution < -0.4 is 11.1 Å². The summed E-state index contributed by atoms with van der Waals surface area (Å²) >= 11 is 0. The molecule has 0 unspecified atom stereocenters. The topological polar surface area (TPSA) is 75.4 Å². The Morgan fingerprint density at radius 2 is 1.85 bits per heavy atom. The molecule has 3 N–H and O–H groups in total. The zero-order chi connectivity index (χ0) is 9.68. The van der Waals surface area contributed by atoms with Crippen LogP contribution in [-0.2, 0) is 9.59 Å². The summed E-state index contributed by atoms with van der Waals surface area (Å²) in [6.07, 6.45) is 0.401. The lowest BCUT2D eigenvalue weighted by atomic mass is 10.2. The van der Waals surface area contributed by atoms with Crippen LogP contribution in [0, 0.1) is 0 Å². The summed E-state index contributed by atoms with van der Waals surface area (Å²) in [5, 5.41) is 3.15. The van der Waals surface area contributed by atoms with Crippen LogP contribution in [0.1, 0.15) is 12.8 Å². The van der Waals surface area contributed by atoms with Gasteiger partial charge in [0.2, 0.25) is 11.8 Å². The van der Waals surface area contributed by atoms with Gasteiger partial charge in [-0.3, -0.25) is 9.59 Å². The van der Waals surface area contributed by atoms with E-state index in [1.807, 2.05) is 0 Å². The van der Waals surface area contributed by atoms with Crippen LogP contribution in [0.15, 0.2) is 0 Å². The molecule has 0 aromatic rings. The second-order valence-electron chi connectivity index (χ2n) is 3.10. The Morgan fingerprint density at radius 3 is 2.38 bits per heavy atom. The SMILES string of the molecule is NC(=O)CCC(=O)N1CCNCC1. The molecule has 0 atom stereocenters. The monoisotopic (exact) mass is 185 g/mol. The number of nitrogens with one attached hydrogen (secondary N) is 1. The number of amides is 2. The Kier molecular flexibility index (Phi) is 3.70. The molecule has 0 aromatic heterocycles. The predicted octanol–water partition coefficient (Wildman–Crippen LogP) is -1.32. The maximum Gasteiger partial charge on any atom is 0.223 e. The molecule has 0 bridgehead atoms. The third-order valence-electron chi connectivity index (χ3n) is 2.05. The molecule has 0 radical (unpaired) electrons. The van der Waals surface area contributed by atoms with Crippen molar-refractivity contribution in [3.8, 4) is 0 Å². The lowest BCUT2D eigenvalue weighted by Gasteiger charge is -2.27. The van der Waals surface area contributed by atoms with Gasteiger partial charge in [0.1, 0.15) is 0 Å². The number of nitrogens with zero attached hydrogens (tertiary/aromatic N) is 1. The fourth-order valence-corrected chi connectivity index (χ4v) is 1.30. The molecule has 1 aliphatic rings. The molecule has 1 aliphatic heterocycles. The number of piperazine rings is 1. The van der Waals surface area contributed by atoms with Crippen LogP contribution in [0.25, 0.3) is 0 Å². The highest BCUT2D eigenvalue weighted by Crippen LogP contribution is 1.99. The van der Waals surface area contributed by atoms with Gasteiger partial charge >= 0.3 is 0 Å². The number of carbonyl (C=O) groups excluding carboxylic acids is 2. The van der Waals surface area contributed by atoms with E-state index < -0.39 is 5.91 Å². The Balaban J connectivity index is 2.25.